The smallest absolute Gasteiger partial charge is 0.217 e. The highest BCUT2D eigenvalue weighted by Crippen LogP contribution is 2.44. The van der Waals surface area contributed by atoms with Gasteiger partial charge >= 0.3 is 0 Å². The zero-order chi connectivity index (χ0) is 27.7. The molecule has 4 rings (SSSR count). The van der Waals surface area contributed by atoms with Crippen molar-refractivity contribution in [2.24, 2.45) is 23.7 Å². The molecule has 0 aliphatic heterocycles. The van der Waals surface area contributed by atoms with Crippen LogP contribution >= 0.6 is 0 Å². The molecule has 3 aromatic rings. The monoisotopic (exact) mass is 527 g/mol. The van der Waals surface area contributed by atoms with E-state index in [2.05, 4.69) is 110 Å². The summed E-state index contributed by atoms with van der Waals surface area (Å²) in [6.45, 7) is 6.66. The summed E-state index contributed by atoms with van der Waals surface area (Å²) < 4.78 is 7.12. The topological polar surface area (TPSA) is 58.6 Å². The van der Waals surface area contributed by atoms with Crippen molar-refractivity contribution in [3.8, 4) is 0 Å². The fourth-order valence-electron chi connectivity index (χ4n) is 6.90. The maximum atomic E-state index is 11.8. The Balaban J connectivity index is 1.58. The van der Waals surface area contributed by atoms with Crippen molar-refractivity contribution in [1.82, 2.24) is 5.32 Å². The third-order valence-corrected chi connectivity index (χ3v) is 8.72. The molecule has 4 heteroatoms. The summed E-state index contributed by atoms with van der Waals surface area (Å²) in [4.78, 5) is 11.8. The molecule has 3 aromatic carbocycles. The van der Waals surface area contributed by atoms with Crippen LogP contribution in [0.4, 0.5) is 0 Å². The van der Waals surface area contributed by atoms with Gasteiger partial charge < -0.3 is 15.2 Å². The summed E-state index contributed by atoms with van der Waals surface area (Å²) in [5, 5.41) is 13.6. The van der Waals surface area contributed by atoms with E-state index in [9.17, 15) is 9.90 Å². The first kappa shape index (κ1) is 29.0. The summed E-state index contributed by atoms with van der Waals surface area (Å²) in [6.07, 6.45) is 5.25. The van der Waals surface area contributed by atoms with Gasteiger partial charge in [-0.15, -0.1) is 0 Å². The number of nitrogens with one attached hydrogen (secondary N) is 1. The number of aliphatic hydroxyl groups excluding tert-OH is 1. The molecule has 1 amide bonds. The summed E-state index contributed by atoms with van der Waals surface area (Å²) >= 11 is 0. The largest absolute Gasteiger partial charge is 0.396 e. The van der Waals surface area contributed by atoms with Crippen molar-refractivity contribution < 1.29 is 14.6 Å². The van der Waals surface area contributed by atoms with E-state index in [-0.39, 0.29) is 30.4 Å². The molecule has 0 radical (unpaired) electrons. The van der Waals surface area contributed by atoms with Crippen LogP contribution in [0.15, 0.2) is 91.0 Å². The summed E-state index contributed by atoms with van der Waals surface area (Å²) in [5.74, 6) is 1.29. The van der Waals surface area contributed by atoms with Crippen molar-refractivity contribution >= 4 is 5.91 Å². The second kappa shape index (κ2) is 13.9. The van der Waals surface area contributed by atoms with Crippen LogP contribution in [0, 0.1) is 23.7 Å². The van der Waals surface area contributed by atoms with Gasteiger partial charge in [0.1, 0.15) is 5.60 Å². The van der Waals surface area contributed by atoms with E-state index in [1.807, 2.05) is 0 Å². The van der Waals surface area contributed by atoms with Crippen LogP contribution in [-0.4, -0.2) is 30.3 Å². The molecule has 1 aliphatic rings. The minimum Gasteiger partial charge on any atom is -0.396 e. The molecule has 0 bridgehead atoms. The number of carbonyl (C=O) groups is 1. The Morgan fingerprint density at radius 3 is 1.87 bits per heavy atom. The summed E-state index contributed by atoms with van der Waals surface area (Å²) in [5.41, 5.74) is 2.66. The molecule has 1 fully saturated rings. The van der Waals surface area contributed by atoms with E-state index >= 15 is 0 Å². The highest BCUT2D eigenvalue weighted by Gasteiger charge is 2.41. The predicted octanol–water partition coefficient (Wildman–Crippen LogP) is 6.96. The van der Waals surface area contributed by atoms with E-state index in [4.69, 9.17) is 4.74 Å². The minimum atomic E-state index is -0.705. The molecule has 39 heavy (non-hydrogen) atoms. The van der Waals surface area contributed by atoms with Crippen molar-refractivity contribution in [1.29, 1.82) is 0 Å². The Morgan fingerprint density at radius 2 is 1.44 bits per heavy atom. The first-order valence-corrected chi connectivity index (χ1v) is 14.7. The quantitative estimate of drug-likeness (QED) is 0.236. The Hall–Kier alpha value is -2.95. The molecule has 0 spiro atoms. The van der Waals surface area contributed by atoms with Crippen LogP contribution in [0.1, 0.15) is 69.6 Å². The zero-order valence-electron chi connectivity index (χ0n) is 23.8. The normalized spacial score (nSPS) is 19.8. The van der Waals surface area contributed by atoms with Gasteiger partial charge in [-0.2, -0.15) is 0 Å². The Morgan fingerprint density at radius 1 is 0.923 bits per heavy atom. The fourth-order valence-corrected chi connectivity index (χ4v) is 6.90. The molecule has 3 unspecified atom stereocenters. The zero-order valence-corrected chi connectivity index (χ0v) is 23.8. The van der Waals surface area contributed by atoms with Gasteiger partial charge in [0.15, 0.2) is 0 Å². The Bertz CT molecular complexity index is 1040. The molecule has 0 saturated heterocycles. The SMILES string of the molecule is CCC[C@H](C(C)NC(C)=O)[C@H](CO)C1CCC(COC(c2ccccc2)(c2ccccc2)c2ccccc2)C1. The van der Waals surface area contributed by atoms with E-state index in [1.54, 1.807) is 6.92 Å². The third kappa shape index (κ3) is 6.80. The van der Waals surface area contributed by atoms with E-state index < -0.39 is 5.60 Å². The Kier molecular flexibility index (Phi) is 10.4. The number of rotatable bonds is 13. The average Bonchev–Trinajstić information content (AvgIpc) is 3.43. The van der Waals surface area contributed by atoms with Gasteiger partial charge in [-0.1, -0.05) is 104 Å². The van der Waals surface area contributed by atoms with E-state index in [0.29, 0.717) is 18.4 Å². The van der Waals surface area contributed by atoms with Crippen molar-refractivity contribution in [3.63, 3.8) is 0 Å². The maximum Gasteiger partial charge on any atom is 0.217 e. The van der Waals surface area contributed by atoms with Crippen LogP contribution in [0.3, 0.4) is 0 Å². The Labute approximate surface area is 234 Å². The van der Waals surface area contributed by atoms with Gasteiger partial charge in [0.05, 0.1) is 6.61 Å². The third-order valence-electron chi connectivity index (χ3n) is 8.72. The van der Waals surface area contributed by atoms with Gasteiger partial charge in [-0.05, 0) is 73.0 Å². The summed E-state index contributed by atoms with van der Waals surface area (Å²) in [7, 11) is 0. The molecule has 0 aromatic heterocycles. The minimum absolute atomic E-state index is 0.00272. The van der Waals surface area contributed by atoms with Crippen LogP contribution in [0.2, 0.25) is 0 Å². The second-order valence-electron chi connectivity index (χ2n) is 11.3. The molecule has 4 nitrogen and oxygen atoms in total. The van der Waals surface area contributed by atoms with Crippen LogP contribution < -0.4 is 5.32 Å². The molecule has 2 N–H and O–H groups in total. The van der Waals surface area contributed by atoms with Gasteiger partial charge in [-0.25, -0.2) is 0 Å². The first-order valence-electron chi connectivity index (χ1n) is 14.7. The highest BCUT2D eigenvalue weighted by atomic mass is 16.5. The standard InChI is InChI=1S/C35H45NO3/c1-4-14-33(26(2)36-27(3)38)34(24-37)29-22-21-28(23-29)25-39-35(30-15-8-5-9-16-30,31-17-10-6-11-18-31)32-19-12-7-13-20-32/h5-13,15-20,26,28-29,33-34,37H,4,14,21-25H2,1-3H3,(H,36,38)/t26?,28?,29?,33-,34-/m1/s1. The van der Waals surface area contributed by atoms with E-state index in [1.165, 1.54) is 0 Å². The number of hydrogen-bond donors (Lipinski definition) is 2. The first-order chi connectivity index (χ1) is 19.0. The molecule has 0 heterocycles. The molecular formula is C35H45NO3. The van der Waals surface area contributed by atoms with Crippen molar-refractivity contribution in [2.45, 2.75) is 64.5 Å². The second-order valence-corrected chi connectivity index (χ2v) is 11.3. The number of hydrogen-bond acceptors (Lipinski definition) is 3. The van der Waals surface area contributed by atoms with E-state index in [0.717, 1.165) is 48.8 Å². The van der Waals surface area contributed by atoms with Gasteiger partial charge in [0, 0.05) is 19.6 Å². The highest BCUT2D eigenvalue weighted by molar-refractivity contribution is 5.73. The molecule has 5 atom stereocenters. The van der Waals surface area contributed by atoms with Crippen molar-refractivity contribution in [2.75, 3.05) is 13.2 Å². The number of amides is 1. The lowest BCUT2D eigenvalue weighted by atomic mass is 9.75. The maximum absolute atomic E-state index is 11.8. The molecular weight excluding hydrogens is 482 g/mol. The lowest BCUT2D eigenvalue weighted by Crippen LogP contribution is -2.42. The molecule has 1 aliphatic carbocycles. The van der Waals surface area contributed by atoms with Crippen LogP contribution in [0.5, 0.6) is 0 Å². The lowest BCUT2D eigenvalue weighted by molar-refractivity contribution is -0.120. The summed E-state index contributed by atoms with van der Waals surface area (Å²) in [6, 6.07) is 31.7. The van der Waals surface area contributed by atoms with Gasteiger partial charge in [0.25, 0.3) is 0 Å². The molecule has 208 valence electrons. The molecule has 1 saturated carbocycles. The number of aliphatic hydroxyl groups is 1. The fraction of sp³-hybridized carbons (Fsp3) is 0.457. The van der Waals surface area contributed by atoms with Crippen LogP contribution in [0.25, 0.3) is 0 Å². The lowest BCUT2D eigenvalue weighted by Gasteiger charge is -2.37. The average molecular weight is 528 g/mol. The van der Waals surface area contributed by atoms with Gasteiger partial charge in [0.2, 0.25) is 5.91 Å². The van der Waals surface area contributed by atoms with Crippen molar-refractivity contribution in [3.05, 3.63) is 108 Å². The number of benzene rings is 3. The van der Waals surface area contributed by atoms with Gasteiger partial charge in [-0.3, -0.25) is 4.79 Å². The number of ether oxygens (including phenoxy) is 1. The number of carbonyl (C=O) groups excluding carboxylic acids is 1. The van der Waals surface area contributed by atoms with Crippen LogP contribution in [-0.2, 0) is 15.1 Å². The predicted molar refractivity (Wildman–Crippen MR) is 158 cm³/mol.